The molecule has 0 aliphatic carbocycles. The van der Waals surface area contributed by atoms with Crippen LogP contribution in [0.5, 0.6) is 0 Å². The van der Waals surface area contributed by atoms with Crippen molar-refractivity contribution in [1.82, 2.24) is 20.4 Å². The third-order valence-corrected chi connectivity index (χ3v) is 3.85. The van der Waals surface area contributed by atoms with Gasteiger partial charge in [0.05, 0.1) is 16.1 Å². The fraction of sp³-hybridized carbons (Fsp3) is 0.438. The van der Waals surface area contributed by atoms with Crippen molar-refractivity contribution in [2.24, 2.45) is 0 Å². The Balaban J connectivity index is 1.82. The predicted octanol–water partition coefficient (Wildman–Crippen LogP) is 0.442. The summed E-state index contributed by atoms with van der Waals surface area (Å²) in [5, 5.41) is 16.1. The molecule has 2 rings (SSSR count). The lowest BCUT2D eigenvalue weighted by Gasteiger charge is -2.14. The molecule has 140 valence electrons. The Hall–Kier alpha value is -3.01. The summed E-state index contributed by atoms with van der Waals surface area (Å²) in [5.74, 6) is -1.03. The number of carbonyl (C=O) groups is 3. The first kappa shape index (κ1) is 19.3. The summed E-state index contributed by atoms with van der Waals surface area (Å²) in [7, 11) is 3.80. The fourth-order valence-electron chi connectivity index (χ4n) is 2.49. The molecule has 1 aliphatic rings. The minimum absolute atomic E-state index is 0.0404. The van der Waals surface area contributed by atoms with Gasteiger partial charge in [0.15, 0.2) is 0 Å². The van der Waals surface area contributed by atoms with Crippen LogP contribution in [0.1, 0.15) is 27.1 Å². The molecular weight excluding hydrogens is 342 g/mol. The Morgan fingerprint density at radius 3 is 2.46 bits per heavy atom. The van der Waals surface area contributed by atoms with Crippen LogP contribution >= 0.6 is 0 Å². The van der Waals surface area contributed by atoms with Gasteiger partial charge in [0.1, 0.15) is 0 Å². The van der Waals surface area contributed by atoms with Gasteiger partial charge >= 0.3 is 6.03 Å². The molecule has 4 amide bonds. The maximum atomic E-state index is 12.3. The molecule has 0 atom stereocenters. The smallest absolute Gasteiger partial charge is 0.314 e. The van der Waals surface area contributed by atoms with Crippen LogP contribution in [0.2, 0.25) is 0 Å². The average molecular weight is 363 g/mol. The Morgan fingerprint density at radius 2 is 1.81 bits per heavy atom. The average Bonchev–Trinajstić information content (AvgIpc) is 2.82. The highest BCUT2D eigenvalue weighted by Gasteiger charge is 2.36. The van der Waals surface area contributed by atoms with Crippen molar-refractivity contribution in [3.8, 4) is 0 Å². The van der Waals surface area contributed by atoms with Crippen LogP contribution < -0.4 is 10.6 Å². The number of benzene rings is 1. The number of carbonyl (C=O) groups excluding carboxylic acids is 3. The van der Waals surface area contributed by atoms with Gasteiger partial charge in [-0.1, -0.05) is 0 Å². The van der Waals surface area contributed by atoms with Gasteiger partial charge in [-0.05, 0) is 26.6 Å². The SMILES string of the molecule is CN(C)CCNC(=O)NCCCN1C(=O)c2ccc([N+](=O)[O-])cc2C1=O. The van der Waals surface area contributed by atoms with E-state index in [0.29, 0.717) is 26.1 Å². The lowest BCUT2D eigenvalue weighted by molar-refractivity contribution is -0.384. The minimum Gasteiger partial charge on any atom is -0.338 e. The monoisotopic (exact) mass is 363 g/mol. The van der Waals surface area contributed by atoms with E-state index in [1.165, 1.54) is 12.1 Å². The largest absolute Gasteiger partial charge is 0.338 e. The van der Waals surface area contributed by atoms with Crippen molar-refractivity contribution in [3.05, 3.63) is 39.4 Å². The highest BCUT2D eigenvalue weighted by molar-refractivity contribution is 6.21. The summed E-state index contributed by atoms with van der Waals surface area (Å²) in [6.45, 7) is 1.64. The zero-order valence-electron chi connectivity index (χ0n) is 14.7. The van der Waals surface area contributed by atoms with Crippen molar-refractivity contribution in [1.29, 1.82) is 0 Å². The number of fused-ring (bicyclic) bond motifs is 1. The molecule has 1 aromatic carbocycles. The zero-order chi connectivity index (χ0) is 19.3. The Morgan fingerprint density at radius 1 is 1.15 bits per heavy atom. The van der Waals surface area contributed by atoms with Gasteiger partial charge in [-0.15, -0.1) is 0 Å². The Kier molecular flexibility index (Phi) is 6.23. The summed E-state index contributed by atoms with van der Waals surface area (Å²) < 4.78 is 0. The summed E-state index contributed by atoms with van der Waals surface area (Å²) in [6.07, 6.45) is 0.384. The highest BCUT2D eigenvalue weighted by atomic mass is 16.6. The van der Waals surface area contributed by atoms with Gasteiger partial charge in [0.25, 0.3) is 17.5 Å². The number of nitrogens with one attached hydrogen (secondary N) is 2. The molecule has 0 unspecified atom stereocenters. The Labute approximate surface area is 150 Å². The van der Waals surface area contributed by atoms with Gasteiger partial charge in [0, 0.05) is 38.3 Å². The van der Waals surface area contributed by atoms with Crippen molar-refractivity contribution < 1.29 is 19.3 Å². The number of nitro groups is 1. The molecule has 1 aliphatic heterocycles. The van der Waals surface area contributed by atoms with Crippen molar-refractivity contribution in [2.75, 3.05) is 40.3 Å². The van der Waals surface area contributed by atoms with Crippen molar-refractivity contribution in [2.45, 2.75) is 6.42 Å². The molecule has 0 bridgehead atoms. The molecule has 26 heavy (non-hydrogen) atoms. The van der Waals surface area contributed by atoms with E-state index in [2.05, 4.69) is 10.6 Å². The molecule has 0 saturated heterocycles. The second kappa shape index (κ2) is 8.39. The topological polar surface area (TPSA) is 125 Å². The van der Waals surface area contributed by atoms with E-state index < -0.39 is 16.7 Å². The van der Waals surface area contributed by atoms with E-state index in [9.17, 15) is 24.5 Å². The van der Waals surface area contributed by atoms with E-state index in [0.717, 1.165) is 11.0 Å². The molecule has 0 spiro atoms. The van der Waals surface area contributed by atoms with Crippen molar-refractivity contribution in [3.63, 3.8) is 0 Å². The maximum absolute atomic E-state index is 12.3. The summed E-state index contributed by atoms with van der Waals surface area (Å²) in [4.78, 5) is 49.3. The summed E-state index contributed by atoms with van der Waals surface area (Å²) in [6, 6.07) is 3.30. The molecule has 0 aromatic heterocycles. The molecule has 0 radical (unpaired) electrons. The van der Waals surface area contributed by atoms with E-state index >= 15 is 0 Å². The molecule has 10 nitrogen and oxygen atoms in total. The molecule has 0 saturated carbocycles. The van der Waals surface area contributed by atoms with Crippen LogP contribution in [-0.4, -0.2) is 72.8 Å². The highest BCUT2D eigenvalue weighted by Crippen LogP contribution is 2.26. The van der Waals surface area contributed by atoms with Crippen LogP contribution in [0.3, 0.4) is 0 Å². The molecular formula is C16H21N5O5. The normalized spacial score (nSPS) is 13.1. The standard InChI is InChI=1S/C16H21N5O5/c1-19(2)9-7-18-16(24)17-6-3-8-20-14(22)12-5-4-11(21(25)26)10-13(12)15(20)23/h4-5,10H,3,6-9H2,1-2H3,(H2,17,18,24). The van der Waals surface area contributed by atoms with Crippen LogP contribution in [0.4, 0.5) is 10.5 Å². The van der Waals surface area contributed by atoms with E-state index in [1.807, 2.05) is 19.0 Å². The lowest BCUT2D eigenvalue weighted by Crippen LogP contribution is -2.40. The second-order valence-corrected chi connectivity index (χ2v) is 6.09. The predicted molar refractivity (Wildman–Crippen MR) is 93.0 cm³/mol. The van der Waals surface area contributed by atoms with Gasteiger partial charge < -0.3 is 15.5 Å². The number of nitrogens with zero attached hydrogens (tertiary/aromatic N) is 3. The first-order valence-corrected chi connectivity index (χ1v) is 8.12. The molecule has 1 aromatic rings. The quantitative estimate of drug-likeness (QED) is 0.299. The fourth-order valence-corrected chi connectivity index (χ4v) is 2.49. The van der Waals surface area contributed by atoms with Crippen LogP contribution in [0, 0.1) is 10.1 Å². The van der Waals surface area contributed by atoms with E-state index in [4.69, 9.17) is 0 Å². The Bertz CT molecular complexity index is 734. The van der Waals surface area contributed by atoms with Crippen LogP contribution in [0.15, 0.2) is 18.2 Å². The molecule has 1 heterocycles. The van der Waals surface area contributed by atoms with Gasteiger partial charge in [-0.25, -0.2) is 4.79 Å². The van der Waals surface area contributed by atoms with Crippen LogP contribution in [-0.2, 0) is 0 Å². The number of rotatable bonds is 8. The number of likely N-dealkylation sites (N-methyl/N-ethyl adjacent to an activating group) is 1. The number of hydrogen-bond acceptors (Lipinski definition) is 6. The summed E-state index contributed by atoms with van der Waals surface area (Å²) >= 11 is 0. The third kappa shape index (κ3) is 4.54. The van der Waals surface area contributed by atoms with Gasteiger partial charge in [-0.3, -0.25) is 24.6 Å². The number of hydrogen-bond donors (Lipinski definition) is 2. The van der Waals surface area contributed by atoms with Gasteiger partial charge in [0.2, 0.25) is 0 Å². The molecule has 10 heteroatoms. The first-order valence-electron chi connectivity index (χ1n) is 8.12. The number of nitro benzene ring substituents is 1. The minimum atomic E-state index is -0.612. The van der Waals surface area contributed by atoms with Gasteiger partial charge in [-0.2, -0.15) is 0 Å². The number of non-ortho nitro benzene ring substituents is 1. The lowest BCUT2D eigenvalue weighted by atomic mass is 10.1. The first-order chi connectivity index (χ1) is 12.3. The second-order valence-electron chi connectivity index (χ2n) is 6.09. The number of amides is 4. The third-order valence-electron chi connectivity index (χ3n) is 3.85. The number of urea groups is 1. The molecule has 0 fully saturated rings. The maximum Gasteiger partial charge on any atom is 0.314 e. The van der Waals surface area contributed by atoms with Crippen molar-refractivity contribution >= 4 is 23.5 Å². The van der Waals surface area contributed by atoms with Crippen LogP contribution in [0.25, 0.3) is 0 Å². The molecule has 2 N–H and O–H groups in total. The van der Waals surface area contributed by atoms with E-state index in [1.54, 1.807) is 0 Å². The summed E-state index contributed by atoms with van der Waals surface area (Å²) in [5.41, 5.74) is -0.0311. The number of imide groups is 1. The van der Waals surface area contributed by atoms with E-state index in [-0.39, 0.29) is 29.4 Å². The zero-order valence-corrected chi connectivity index (χ0v) is 14.7.